The van der Waals surface area contributed by atoms with Crippen molar-refractivity contribution in [3.8, 4) is 11.1 Å². The monoisotopic (exact) mass is 488 g/mol. The summed E-state index contributed by atoms with van der Waals surface area (Å²) in [6, 6.07) is 37.9. The minimum atomic E-state index is 1.11. The molecule has 1 heterocycles. The molecule has 0 amide bonds. The number of halogens is 1. The van der Waals surface area contributed by atoms with Gasteiger partial charge in [0.25, 0.3) is 0 Å². The molecule has 0 saturated heterocycles. The van der Waals surface area contributed by atoms with Gasteiger partial charge in [-0.2, -0.15) is 0 Å². The lowest BCUT2D eigenvalue weighted by Gasteiger charge is -2.12. The Hall–Kier alpha value is -3.20. The molecule has 2 heteroatoms. The van der Waals surface area contributed by atoms with Gasteiger partial charge in [-0.25, -0.2) is 0 Å². The van der Waals surface area contributed by atoms with E-state index in [4.69, 9.17) is 0 Å². The number of benzene rings is 6. The molecule has 0 radical (unpaired) electrons. The molecular weight excluding hydrogens is 472 g/mol. The average Bonchev–Trinajstić information content (AvgIpc) is 3.22. The van der Waals surface area contributed by atoms with E-state index >= 15 is 0 Å². The molecule has 0 aliphatic carbocycles. The smallest absolute Gasteiger partial charge is 0.0361 e. The van der Waals surface area contributed by atoms with Crippen LogP contribution in [0.3, 0.4) is 0 Å². The molecule has 32 heavy (non-hydrogen) atoms. The van der Waals surface area contributed by atoms with Crippen molar-refractivity contribution >= 4 is 79.8 Å². The fourth-order valence-corrected chi connectivity index (χ4v) is 6.52. The van der Waals surface area contributed by atoms with E-state index in [1.807, 2.05) is 11.3 Å². The Kier molecular flexibility index (Phi) is 3.96. The second-order valence-electron chi connectivity index (χ2n) is 8.31. The van der Waals surface area contributed by atoms with E-state index in [0.717, 1.165) is 4.47 Å². The molecule has 0 aliphatic heterocycles. The summed E-state index contributed by atoms with van der Waals surface area (Å²) < 4.78 is 3.81. The van der Waals surface area contributed by atoms with Gasteiger partial charge in [-0.3, -0.25) is 0 Å². The van der Waals surface area contributed by atoms with Crippen molar-refractivity contribution in [2.24, 2.45) is 0 Å². The second-order valence-corrected chi connectivity index (χ2v) is 10.3. The van der Waals surface area contributed by atoms with Gasteiger partial charge in [-0.1, -0.05) is 88.7 Å². The molecule has 0 atom stereocenters. The van der Waals surface area contributed by atoms with Crippen molar-refractivity contribution in [1.82, 2.24) is 0 Å². The standard InChI is InChI=1S/C30H17BrS/c31-20-11-14-24-23-12-9-18(15-27(23)21-5-1-2-6-22(21)28(24)17-20)19-10-13-26-25-7-3-4-8-29(25)32-30(26)16-19/h1-17H. The van der Waals surface area contributed by atoms with Gasteiger partial charge in [-0.05, 0) is 73.8 Å². The first-order valence-electron chi connectivity index (χ1n) is 10.7. The SMILES string of the molecule is Brc1ccc2c3ccc(-c4ccc5c(c4)sc4ccccc45)cc3c3ccccc3c2c1. The molecular formula is C30H17BrS. The summed E-state index contributed by atoms with van der Waals surface area (Å²) in [5.41, 5.74) is 2.53. The largest absolute Gasteiger partial charge is 0.135 e. The molecule has 1 aromatic heterocycles. The zero-order valence-corrected chi connectivity index (χ0v) is 19.5. The van der Waals surface area contributed by atoms with Crippen molar-refractivity contribution < 1.29 is 0 Å². The van der Waals surface area contributed by atoms with Crippen LogP contribution in [0.4, 0.5) is 0 Å². The third kappa shape index (κ3) is 2.67. The van der Waals surface area contributed by atoms with E-state index in [2.05, 4.69) is 119 Å². The first kappa shape index (κ1) is 18.4. The number of rotatable bonds is 1. The van der Waals surface area contributed by atoms with Gasteiger partial charge in [0.1, 0.15) is 0 Å². The summed E-state index contributed by atoms with van der Waals surface area (Å²) in [6.45, 7) is 0. The maximum atomic E-state index is 3.66. The molecule has 0 fully saturated rings. The molecule has 0 nitrogen and oxygen atoms in total. The van der Waals surface area contributed by atoms with E-state index in [0.29, 0.717) is 0 Å². The Labute approximate surface area is 197 Å². The topological polar surface area (TPSA) is 0 Å². The van der Waals surface area contributed by atoms with Gasteiger partial charge in [0.15, 0.2) is 0 Å². The predicted molar refractivity (Wildman–Crippen MR) is 145 cm³/mol. The van der Waals surface area contributed by atoms with Gasteiger partial charge in [0.05, 0.1) is 0 Å². The molecule has 0 spiro atoms. The Bertz CT molecular complexity index is 1820. The highest BCUT2D eigenvalue weighted by Crippen LogP contribution is 2.40. The number of fused-ring (bicyclic) bond motifs is 9. The molecule has 0 N–H and O–H groups in total. The third-order valence-electron chi connectivity index (χ3n) is 6.51. The van der Waals surface area contributed by atoms with E-state index < -0.39 is 0 Å². The highest BCUT2D eigenvalue weighted by molar-refractivity contribution is 9.10. The lowest BCUT2D eigenvalue weighted by atomic mass is 9.92. The average molecular weight is 489 g/mol. The molecule has 6 aromatic carbocycles. The van der Waals surface area contributed by atoms with Crippen molar-refractivity contribution in [1.29, 1.82) is 0 Å². The summed E-state index contributed by atoms with van der Waals surface area (Å²) in [5.74, 6) is 0. The lowest BCUT2D eigenvalue weighted by molar-refractivity contribution is 1.70. The van der Waals surface area contributed by atoms with Gasteiger partial charge < -0.3 is 0 Å². The highest BCUT2D eigenvalue weighted by Gasteiger charge is 2.11. The number of hydrogen-bond acceptors (Lipinski definition) is 1. The Balaban J connectivity index is 1.52. The van der Waals surface area contributed by atoms with Crippen LogP contribution < -0.4 is 0 Å². The second kappa shape index (κ2) is 6.90. The van der Waals surface area contributed by atoms with Gasteiger partial charge >= 0.3 is 0 Å². The molecule has 150 valence electrons. The van der Waals surface area contributed by atoms with E-state index in [-0.39, 0.29) is 0 Å². The van der Waals surface area contributed by atoms with Gasteiger partial charge in [0, 0.05) is 24.6 Å². The molecule has 7 aromatic rings. The Morgan fingerprint density at radius 1 is 0.406 bits per heavy atom. The molecule has 0 saturated carbocycles. The first-order valence-corrected chi connectivity index (χ1v) is 12.3. The van der Waals surface area contributed by atoms with E-state index in [1.165, 1.54) is 63.6 Å². The molecule has 7 rings (SSSR count). The Morgan fingerprint density at radius 3 is 1.72 bits per heavy atom. The van der Waals surface area contributed by atoms with E-state index in [1.54, 1.807) is 0 Å². The quantitative estimate of drug-likeness (QED) is 0.201. The fraction of sp³-hybridized carbons (Fsp3) is 0. The van der Waals surface area contributed by atoms with Crippen LogP contribution in [0.25, 0.3) is 63.6 Å². The lowest BCUT2D eigenvalue weighted by Crippen LogP contribution is -1.85. The summed E-state index contributed by atoms with van der Waals surface area (Å²) in [7, 11) is 0. The van der Waals surface area contributed by atoms with Crippen LogP contribution in [0, 0.1) is 0 Å². The maximum absolute atomic E-state index is 3.66. The van der Waals surface area contributed by atoms with Crippen LogP contribution in [-0.2, 0) is 0 Å². The van der Waals surface area contributed by atoms with Gasteiger partial charge in [0.2, 0.25) is 0 Å². The van der Waals surface area contributed by atoms with Crippen LogP contribution in [0.1, 0.15) is 0 Å². The maximum Gasteiger partial charge on any atom is 0.0361 e. The normalized spacial score (nSPS) is 11.9. The van der Waals surface area contributed by atoms with Crippen LogP contribution in [-0.4, -0.2) is 0 Å². The van der Waals surface area contributed by atoms with Crippen LogP contribution in [0.15, 0.2) is 108 Å². The zero-order valence-electron chi connectivity index (χ0n) is 17.1. The fourth-order valence-electron chi connectivity index (χ4n) is 5.01. The molecule has 0 bridgehead atoms. The van der Waals surface area contributed by atoms with E-state index in [9.17, 15) is 0 Å². The van der Waals surface area contributed by atoms with Crippen molar-refractivity contribution in [2.75, 3.05) is 0 Å². The summed E-state index contributed by atoms with van der Waals surface area (Å²) in [6.07, 6.45) is 0. The molecule has 0 unspecified atom stereocenters. The van der Waals surface area contributed by atoms with Crippen LogP contribution >= 0.6 is 27.3 Å². The molecule has 0 aliphatic rings. The van der Waals surface area contributed by atoms with Gasteiger partial charge in [-0.15, -0.1) is 11.3 Å². The third-order valence-corrected chi connectivity index (χ3v) is 8.14. The predicted octanol–water partition coefficient (Wildman–Crippen LogP) is 9.94. The van der Waals surface area contributed by atoms with Crippen LogP contribution in [0.2, 0.25) is 0 Å². The minimum absolute atomic E-state index is 1.11. The summed E-state index contributed by atoms with van der Waals surface area (Å²) in [4.78, 5) is 0. The number of hydrogen-bond donors (Lipinski definition) is 0. The van der Waals surface area contributed by atoms with Crippen molar-refractivity contribution in [3.05, 3.63) is 108 Å². The van der Waals surface area contributed by atoms with Crippen LogP contribution in [0.5, 0.6) is 0 Å². The first-order chi connectivity index (χ1) is 15.8. The highest BCUT2D eigenvalue weighted by atomic mass is 79.9. The number of thiophene rings is 1. The van der Waals surface area contributed by atoms with Crippen molar-refractivity contribution in [3.63, 3.8) is 0 Å². The summed E-state index contributed by atoms with van der Waals surface area (Å²) in [5, 5.41) is 10.5. The van der Waals surface area contributed by atoms with Crippen molar-refractivity contribution in [2.45, 2.75) is 0 Å². The Morgan fingerprint density at radius 2 is 0.938 bits per heavy atom. The minimum Gasteiger partial charge on any atom is -0.135 e. The summed E-state index contributed by atoms with van der Waals surface area (Å²) >= 11 is 5.53. The zero-order chi connectivity index (χ0) is 21.2.